The SMILES string of the molecule is C=C[C@@H]1C[C@]1(NC(=O)[C@@H]1C[C@@H](Oc2nccc3cc(OC)ccc23)CN1C(=O)[C@@H](NC(=O)OC(C)(C)C)C(C)(C)C)C(=O)O. The number of carbonyl (C=O) groups excluding carboxylic acids is 3. The van der Waals surface area contributed by atoms with E-state index in [-0.39, 0.29) is 19.4 Å². The lowest BCUT2D eigenvalue weighted by molar-refractivity contribution is -0.146. The van der Waals surface area contributed by atoms with E-state index >= 15 is 0 Å². The smallest absolute Gasteiger partial charge is 0.408 e. The molecule has 1 aromatic heterocycles. The van der Waals surface area contributed by atoms with Gasteiger partial charge in [-0.2, -0.15) is 0 Å². The summed E-state index contributed by atoms with van der Waals surface area (Å²) < 4.78 is 17.0. The third kappa shape index (κ3) is 6.89. The van der Waals surface area contributed by atoms with Gasteiger partial charge < -0.3 is 34.9 Å². The zero-order chi connectivity index (χ0) is 32.6. The second kappa shape index (κ2) is 12.0. The Morgan fingerprint density at radius 2 is 1.86 bits per heavy atom. The van der Waals surface area contributed by atoms with E-state index in [0.29, 0.717) is 11.6 Å². The molecule has 1 aliphatic heterocycles. The predicted octanol–water partition coefficient (Wildman–Crippen LogP) is 3.68. The van der Waals surface area contributed by atoms with E-state index in [1.54, 1.807) is 60.9 Å². The second-order valence-corrected chi connectivity index (χ2v) is 13.4. The molecule has 2 aliphatic rings. The molecular weight excluding hydrogens is 568 g/mol. The molecule has 1 aliphatic carbocycles. The number of carbonyl (C=O) groups is 4. The van der Waals surface area contributed by atoms with Crippen molar-refractivity contribution in [1.29, 1.82) is 0 Å². The summed E-state index contributed by atoms with van der Waals surface area (Å²) in [6.45, 7) is 14.2. The molecule has 1 saturated heterocycles. The van der Waals surface area contributed by atoms with Crippen LogP contribution in [0.3, 0.4) is 0 Å². The summed E-state index contributed by atoms with van der Waals surface area (Å²) in [6, 6.07) is 5.12. The van der Waals surface area contributed by atoms with Gasteiger partial charge in [-0.3, -0.25) is 9.59 Å². The number of alkyl carbamates (subject to hydrolysis) is 1. The fourth-order valence-electron chi connectivity index (χ4n) is 5.44. The molecule has 12 nitrogen and oxygen atoms in total. The van der Waals surface area contributed by atoms with Crippen molar-refractivity contribution in [3.8, 4) is 11.6 Å². The van der Waals surface area contributed by atoms with Crippen molar-refractivity contribution in [3.05, 3.63) is 43.1 Å². The van der Waals surface area contributed by atoms with Crippen molar-refractivity contribution in [1.82, 2.24) is 20.5 Å². The summed E-state index contributed by atoms with van der Waals surface area (Å²) in [5, 5.41) is 16.8. The van der Waals surface area contributed by atoms with Crippen LogP contribution in [0.2, 0.25) is 0 Å². The van der Waals surface area contributed by atoms with Crippen LogP contribution in [0.4, 0.5) is 4.79 Å². The molecule has 1 saturated carbocycles. The van der Waals surface area contributed by atoms with Crippen LogP contribution in [0.25, 0.3) is 10.8 Å². The van der Waals surface area contributed by atoms with E-state index in [1.807, 2.05) is 18.2 Å². The lowest BCUT2D eigenvalue weighted by Crippen LogP contribution is -2.59. The third-order valence-corrected chi connectivity index (χ3v) is 7.86. The molecule has 0 radical (unpaired) electrons. The molecule has 0 unspecified atom stereocenters. The molecular formula is C32H42N4O8. The zero-order valence-electron chi connectivity index (χ0n) is 26.3. The summed E-state index contributed by atoms with van der Waals surface area (Å²) in [4.78, 5) is 58.6. The van der Waals surface area contributed by atoms with Gasteiger partial charge in [-0.15, -0.1) is 6.58 Å². The largest absolute Gasteiger partial charge is 0.497 e. The van der Waals surface area contributed by atoms with Crippen LogP contribution < -0.4 is 20.1 Å². The Kier molecular flexibility index (Phi) is 8.86. The zero-order valence-corrected chi connectivity index (χ0v) is 26.3. The number of nitrogens with one attached hydrogen (secondary N) is 2. The van der Waals surface area contributed by atoms with Gasteiger partial charge in [0.15, 0.2) is 0 Å². The summed E-state index contributed by atoms with van der Waals surface area (Å²) in [6.07, 6.45) is 1.94. The van der Waals surface area contributed by atoms with E-state index in [1.165, 1.54) is 11.0 Å². The Morgan fingerprint density at radius 1 is 1.16 bits per heavy atom. The molecule has 5 atom stereocenters. The van der Waals surface area contributed by atoms with E-state index in [2.05, 4.69) is 22.2 Å². The molecule has 12 heteroatoms. The lowest BCUT2D eigenvalue weighted by Gasteiger charge is -2.35. The molecule has 1 aromatic carbocycles. The van der Waals surface area contributed by atoms with Crippen LogP contribution in [0, 0.1) is 11.3 Å². The summed E-state index contributed by atoms with van der Waals surface area (Å²) in [7, 11) is 1.57. The minimum atomic E-state index is -1.49. The first kappa shape index (κ1) is 32.6. The van der Waals surface area contributed by atoms with Crippen molar-refractivity contribution in [2.24, 2.45) is 11.3 Å². The number of hydrogen-bond donors (Lipinski definition) is 3. The number of aliphatic carboxylic acids is 1. The van der Waals surface area contributed by atoms with Gasteiger partial charge in [0, 0.05) is 23.9 Å². The summed E-state index contributed by atoms with van der Waals surface area (Å²) >= 11 is 0. The van der Waals surface area contributed by atoms with Gasteiger partial charge in [0.25, 0.3) is 0 Å². The fourth-order valence-corrected chi connectivity index (χ4v) is 5.44. The number of carboxylic acid groups (broad SMARTS) is 1. The highest BCUT2D eigenvalue weighted by Gasteiger charge is 2.61. The maximum absolute atomic E-state index is 14.2. The van der Waals surface area contributed by atoms with E-state index in [0.717, 1.165) is 10.8 Å². The first-order chi connectivity index (χ1) is 20.5. The predicted molar refractivity (Wildman–Crippen MR) is 162 cm³/mol. The van der Waals surface area contributed by atoms with Crippen molar-refractivity contribution in [2.45, 2.75) is 83.7 Å². The van der Waals surface area contributed by atoms with Gasteiger partial charge in [-0.1, -0.05) is 26.8 Å². The van der Waals surface area contributed by atoms with Crippen molar-refractivity contribution < 1.29 is 38.5 Å². The maximum atomic E-state index is 14.2. The van der Waals surface area contributed by atoms with E-state index in [9.17, 15) is 24.3 Å². The molecule has 0 spiro atoms. The van der Waals surface area contributed by atoms with E-state index in [4.69, 9.17) is 14.2 Å². The van der Waals surface area contributed by atoms with Crippen molar-refractivity contribution >= 4 is 34.6 Å². The van der Waals surface area contributed by atoms with Crippen molar-refractivity contribution in [3.63, 3.8) is 0 Å². The first-order valence-corrected chi connectivity index (χ1v) is 14.6. The highest BCUT2D eigenvalue weighted by atomic mass is 16.6. The number of pyridine rings is 1. The van der Waals surface area contributed by atoms with Crippen LogP contribution >= 0.6 is 0 Å². The van der Waals surface area contributed by atoms with E-state index < -0.39 is 64.5 Å². The number of nitrogens with zero attached hydrogens (tertiary/aromatic N) is 2. The number of hydrogen-bond acceptors (Lipinski definition) is 8. The first-order valence-electron chi connectivity index (χ1n) is 14.6. The Balaban J connectivity index is 1.65. The average molecular weight is 611 g/mol. The Bertz CT molecular complexity index is 1460. The normalized spacial score (nSPS) is 23.8. The molecule has 2 fully saturated rings. The standard InChI is InChI=1S/C32H42N4O8/c1-9-19-16-32(19,28(39)40)35-25(37)23-15-21(43-26-22-11-10-20(42-8)14-18(22)12-13-33-26)17-36(23)27(38)24(30(2,3)4)34-29(41)44-31(5,6)7/h9-14,19,21,23-24H,1,15-17H2,2-8H3,(H,34,41)(H,35,37)(H,39,40)/t19-,21-,23+,24-,32-/m1/s1. The lowest BCUT2D eigenvalue weighted by atomic mass is 9.85. The Hall–Kier alpha value is -4.35. The minimum absolute atomic E-state index is 0.00131. The van der Waals surface area contributed by atoms with Crippen LogP contribution in [0.15, 0.2) is 43.1 Å². The monoisotopic (exact) mass is 610 g/mol. The van der Waals surface area contributed by atoms with Gasteiger partial charge in [-0.25, -0.2) is 14.6 Å². The van der Waals surface area contributed by atoms with Gasteiger partial charge >= 0.3 is 12.1 Å². The molecule has 3 amide bonds. The van der Waals surface area contributed by atoms with Crippen LogP contribution in [-0.2, 0) is 19.1 Å². The van der Waals surface area contributed by atoms with Gasteiger partial charge in [0.05, 0.1) is 13.7 Å². The topological polar surface area (TPSA) is 156 Å². The molecule has 2 aromatic rings. The molecule has 2 heterocycles. The average Bonchev–Trinajstić information content (AvgIpc) is 3.49. The van der Waals surface area contributed by atoms with Gasteiger partial charge in [-0.05, 0) is 62.3 Å². The Morgan fingerprint density at radius 3 is 2.43 bits per heavy atom. The van der Waals surface area contributed by atoms with Gasteiger partial charge in [0.1, 0.15) is 35.1 Å². The highest BCUT2D eigenvalue weighted by Crippen LogP contribution is 2.45. The number of amides is 3. The van der Waals surface area contributed by atoms with Gasteiger partial charge in [0.2, 0.25) is 17.7 Å². The number of aromatic nitrogens is 1. The number of methoxy groups -OCH3 is 1. The fraction of sp³-hybridized carbons (Fsp3) is 0.531. The number of benzene rings is 1. The van der Waals surface area contributed by atoms with Crippen LogP contribution in [-0.4, -0.2) is 81.8 Å². The third-order valence-electron chi connectivity index (χ3n) is 7.86. The quantitative estimate of drug-likeness (QED) is 0.361. The number of carboxylic acids is 1. The number of ether oxygens (including phenoxy) is 3. The number of likely N-dealkylation sites (tertiary alicyclic amines) is 1. The minimum Gasteiger partial charge on any atom is -0.497 e. The van der Waals surface area contributed by atoms with Crippen molar-refractivity contribution in [2.75, 3.05) is 13.7 Å². The molecule has 44 heavy (non-hydrogen) atoms. The highest BCUT2D eigenvalue weighted by molar-refractivity contribution is 5.96. The molecule has 3 N–H and O–H groups in total. The molecule has 0 bridgehead atoms. The number of fused-ring (bicyclic) bond motifs is 1. The second-order valence-electron chi connectivity index (χ2n) is 13.4. The van der Waals surface area contributed by atoms with Crippen LogP contribution in [0.5, 0.6) is 11.6 Å². The Labute approximate surface area is 257 Å². The summed E-state index contributed by atoms with van der Waals surface area (Å²) in [5.74, 6) is -1.77. The van der Waals surface area contributed by atoms with Crippen LogP contribution in [0.1, 0.15) is 54.4 Å². The molecule has 238 valence electrons. The molecule has 4 rings (SSSR count). The number of rotatable bonds is 9. The maximum Gasteiger partial charge on any atom is 0.408 e. The summed E-state index contributed by atoms with van der Waals surface area (Å²) in [5.41, 5.74) is -3.05.